The molecule has 1 spiro atoms. The third-order valence-electron chi connectivity index (χ3n) is 8.67. The average Bonchev–Trinajstić information content (AvgIpc) is 3.62. The molecule has 1 aromatic carbocycles. The van der Waals surface area contributed by atoms with E-state index in [0.717, 1.165) is 37.7 Å². The molecular weight excluding hydrogens is 500 g/mol. The third kappa shape index (κ3) is 4.21. The minimum atomic E-state index is -1.25. The van der Waals surface area contributed by atoms with Crippen molar-refractivity contribution in [3.63, 3.8) is 0 Å². The second kappa shape index (κ2) is 9.51. The molecule has 10 nitrogen and oxygen atoms in total. The summed E-state index contributed by atoms with van der Waals surface area (Å²) in [5, 5.41) is 9.88. The van der Waals surface area contributed by atoms with Crippen molar-refractivity contribution < 1.29 is 28.4 Å². The number of hydrogen-bond acceptors (Lipinski definition) is 7. The highest BCUT2D eigenvalue weighted by molar-refractivity contribution is 6.03. The van der Waals surface area contributed by atoms with E-state index in [1.165, 1.54) is 0 Å². The Kier molecular flexibility index (Phi) is 6.25. The predicted molar refractivity (Wildman–Crippen MR) is 141 cm³/mol. The molecule has 6 rings (SSSR count). The summed E-state index contributed by atoms with van der Waals surface area (Å²) in [6, 6.07) is 8.17. The van der Waals surface area contributed by atoms with Gasteiger partial charge in [-0.25, -0.2) is 0 Å². The molecule has 0 radical (unpaired) electrons. The molecule has 1 aromatic heterocycles. The first kappa shape index (κ1) is 25.6. The summed E-state index contributed by atoms with van der Waals surface area (Å²) in [7, 11) is 1.59. The molecule has 3 fully saturated rings. The third-order valence-corrected chi connectivity index (χ3v) is 8.67. The topological polar surface area (TPSA) is 123 Å². The molecule has 2 aromatic rings. The van der Waals surface area contributed by atoms with E-state index >= 15 is 0 Å². The van der Waals surface area contributed by atoms with Crippen molar-refractivity contribution in [3.05, 3.63) is 53.8 Å². The van der Waals surface area contributed by atoms with Crippen molar-refractivity contribution in [3.8, 4) is 5.75 Å². The Hall–Kier alpha value is -3.66. The van der Waals surface area contributed by atoms with Gasteiger partial charge in [0.25, 0.3) is 0 Å². The molecule has 1 saturated carbocycles. The van der Waals surface area contributed by atoms with E-state index in [1.54, 1.807) is 31.9 Å². The number of nitrogens with one attached hydrogen (secondary N) is 2. The molecule has 4 heterocycles. The van der Waals surface area contributed by atoms with E-state index in [9.17, 15) is 14.4 Å². The lowest BCUT2D eigenvalue weighted by Crippen LogP contribution is -2.56. The molecule has 206 valence electrons. The van der Waals surface area contributed by atoms with Gasteiger partial charge in [0.1, 0.15) is 23.2 Å². The molecule has 39 heavy (non-hydrogen) atoms. The van der Waals surface area contributed by atoms with Gasteiger partial charge in [-0.15, -0.1) is 0 Å². The van der Waals surface area contributed by atoms with Crippen molar-refractivity contribution in [2.45, 2.75) is 75.8 Å². The fourth-order valence-corrected chi connectivity index (χ4v) is 6.88. The molecule has 2 bridgehead atoms. The molecule has 5 atom stereocenters. The minimum Gasteiger partial charge on any atom is -0.497 e. The van der Waals surface area contributed by atoms with E-state index in [0.29, 0.717) is 11.5 Å². The lowest BCUT2D eigenvalue weighted by molar-refractivity contribution is -0.145. The van der Waals surface area contributed by atoms with Crippen LogP contribution in [-0.2, 0) is 25.7 Å². The smallest absolute Gasteiger partial charge is 0.246 e. The Balaban J connectivity index is 1.35. The Bertz CT molecular complexity index is 1320. The van der Waals surface area contributed by atoms with Gasteiger partial charge < -0.3 is 29.5 Å². The van der Waals surface area contributed by atoms with E-state index in [-0.39, 0.29) is 30.2 Å². The van der Waals surface area contributed by atoms with Gasteiger partial charge in [-0.2, -0.15) is 0 Å². The van der Waals surface area contributed by atoms with E-state index in [4.69, 9.17) is 14.0 Å². The van der Waals surface area contributed by atoms with Crippen molar-refractivity contribution in [1.82, 2.24) is 15.4 Å². The van der Waals surface area contributed by atoms with Gasteiger partial charge in [-0.05, 0) is 44.4 Å². The van der Waals surface area contributed by atoms with Crippen LogP contribution in [0.2, 0.25) is 0 Å². The van der Waals surface area contributed by atoms with Crippen molar-refractivity contribution in [1.29, 1.82) is 0 Å². The summed E-state index contributed by atoms with van der Waals surface area (Å²) in [6.45, 7) is 3.73. The van der Waals surface area contributed by atoms with Gasteiger partial charge in [-0.1, -0.05) is 48.7 Å². The van der Waals surface area contributed by atoms with Crippen molar-refractivity contribution >= 4 is 23.5 Å². The highest BCUT2D eigenvalue weighted by atomic mass is 16.5. The number of amides is 3. The number of anilines is 1. The molecule has 2 saturated heterocycles. The van der Waals surface area contributed by atoms with Crippen LogP contribution in [0.3, 0.4) is 0 Å². The average molecular weight is 535 g/mol. The van der Waals surface area contributed by atoms with Gasteiger partial charge in [0, 0.05) is 18.7 Å². The first-order valence-electron chi connectivity index (χ1n) is 13.6. The van der Waals surface area contributed by atoms with Crippen LogP contribution in [0, 0.1) is 18.8 Å². The van der Waals surface area contributed by atoms with Crippen LogP contribution in [0.25, 0.3) is 0 Å². The van der Waals surface area contributed by atoms with Crippen LogP contribution < -0.4 is 15.4 Å². The molecule has 10 heteroatoms. The number of hydrogen-bond donors (Lipinski definition) is 2. The number of carbonyl (C=O) groups is 3. The highest BCUT2D eigenvalue weighted by Gasteiger charge is 2.76. The Morgan fingerprint density at radius 1 is 1.13 bits per heavy atom. The second-order valence-electron chi connectivity index (χ2n) is 11.3. The van der Waals surface area contributed by atoms with Crippen LogP contribution in [0.1, 0.15) is 50.4 Å². The number of rotatable bonds is 7. The summed E-state index contributed by atoms with van der Waals surface area (Å²) in [6.07, 6.45) is 8.78. The largest absolute Gasteiger partial charge is 0.497 e. The zero-order chi connectivity index (χ0) is 27.4. The van der Waals surface area contributed by atoms with Gasteiger partial charge in [0.15, 0.2) is 5.82 Å². The van der Waals surface area contributed by atoms with Gasteiger partial charge in [-0.3, -0.25) is 14.4 Å². The van der Waals surface area contributed by atoms with Crippen molar-refractivity contribution in [2.24, 2.45) is 11.8 Å². The zero-order valence-corrected chi connectivity index (χ0v) is 22.4. The standard InChI is InChI=1S/C29H34N4O6/c1-17-15-21(32-38-17)31-25(34)22-23-27(36)33(16-18-9-11-20(37-3)12-10-18)24(29(23)14-13-28(22,2)39-29)26(35)30-19-7-5-4-6-8-19/h9-15,19,22-24H,4-8,16H2,1-3H3,(H,30,35)(H,31,32,34)/t22-,23-,24+,28+,29-/m0/s1. The summed E-state index contributed by atoms with van der Waals surface area (Å²) in [5.41, 5.74) is -1.45. The highest BCUT2D eigenvalue weighted by Crippen LogP contribution is 2.60. The number of methoxy groups -OCH3 is 1. The normalized spacial score (nSPS) is 31.4. The summed E-state index contributed by atoms with van der Waals surface area (Å²) in [5.74, 6) is -1.10. The second-order valence-corrected chi connectivity index (χ2v) is 11.3. The lowest BCUT2D eigenvalue weighted by Gasteiger charge is -2.34. The van der Waals surface area contributed by atoms with Crippen LogP contribution in [-0.4, -0.2) is 58.2 Å². The van der Waals surface area contributed by atoms with E-state index < -0.39 is 35.0 Å². The number of carbonyl (C=O) groups excluding carboxylic acids is 3. The van der Waals surface area contributed by atoms with Gasteiger partial charge in [0.05, 0.1) is 24.5 Å². The first-order chi connectivity index (χ1) is 18.7. The quantitative estimate of drug-likeness (QED) is 0.523. The summed E-state index contributed by atoms with van der Waals surface area (Å²) in [4.78, 5) is 43.4. The number of nitrogens with zero attached hydrogens (tertiary/aromatic N) is 2. The van der Waals surface area contributed by atoms with E-state index in [2.05, 4.69) is 15.8 Å². The van der Waals surface area contributed by atoms with Gasteiger partial charge >= 0.3 is 0 Å². The van der Waals surface area contributed by atoms with Crippen LogP contribution >= 0.6 is 0 Å². The number of fused-ring (bicyclic) bond motifs is 1. The molecule has 4 aliphatic rings. The lowest BCUT2D eigenvalue weighted by atomic mass is 9.70. The fourth-order valence-electron chi connectivity index (χ4n) is 6.88. The monoisotopic (exact) mass is 534 g/mol. The molecule has 3 amide bonds. The van der Waals surface area contributed by atoms with Gasteiger partial charge in [0.2, 0.25) is 17.7 Å². The predicted octanol–water partition coefficient (Wildman–Crippen LogP) is 3.12. The zero-order valence-electron chi connectivity index (χ0n) is 22.4. The molecule has 0 unspecified atom stereocenters. The SMILES string of the molecule is COc1ccc(CN2C(=O)[C@@H]3[C@@H](C(=O)Nc4cc(C)on4)[C@@]4(C)C=C[C@@]3(O4)[C@H]2C(=O)NC2CCCCC2)cc1. The number of aromatic nitrogens is 1. The van der Waals surface area contributed by atoms with Crippen LogP contribution in [0.15, 0.2) is 47.0 Å². The number of likely N-dealkylation sites (tertiary alicyclic amines) is 1. The Morgan fingerprint density at radius 2 is 1.87 bits per heavy atom. The Labute approximate surface area is 227 Å². The first-order valence-corrected chi connectivity index (χ1v) is 13.6. The number of benzene rings is 1. The molecule has 2 N–H and O–H groups in total. The molecule has 3 aliphatic heterocycles. The maximum absolute atomic E-state index is 14.2. The Morgan fingerprint density at radius 3 is 2.54 bits per heavy atom. The molecular formula is C29H34N4O6. The van der Waals surface area contributed by atoms with Crippen LogP contribution in [0.4, 0.5) is 5.82 Å². The fraction of sp³-hybridized carbons (Fsp3) is 0.517. The maximum atomic E-state index is 14.2. The summed E-state index contributed by atoms with van der Waals surface area (Å²) < 4.78 is 17.0. The van der Waals surface area contributed by atoms with E-state index in [1.807, 2.05) is 36.4 Å². The minimum absolute atomic E-state index is 0.0623. The number of aryl methyl sites for hydroxylation is 1. The summed E-state index contributed by atoms with van der Waals surface area (Å²) >= 11 is 0. The number of ether oxygens (including phenoxy) is 2. The van der Waals surface area contributed by atoms with Crippen molar-refractivity contribution in [2.75, 3.05) is 12.4 Å². The van der Waals surface area contributed by atoms with Crippen LogP contribution in [0.5, 0.6) is 5.75 Å². The maximum Gasteiger partial charge on any atom is 0.246 e. The molecule has 1 aliphatic carbocycles.